The van der Waals surface area contributed by atoms with Gasteiger partial charge in [-0.15, -0.1) is 0 Å². The molecule has 0 aliphatic rings. The molecule has 0 atom stereocenters. The van der Waals surface area contributed by atoms with Crippen LogP contribution < -0.4 is 0 Å². The Kier molecular flexibility index (Phi) is 3.34. The standard InChI is InChI=1S/C17H14O2/c1-4-11-7-12(5-2)16-13(6-3)9-15(17(18)19)10-14(16)8-11/h4-10H,1-3H2,(H,18,19). The van der Waals surface area contributed by atoms with E-state index in [2.05, 4.69) is 19.7 Å². The van der Waals surface area contributed by atoms with E-state index < -0.39 is 5.97 Å². The number of aromatic carboxylic acids is 1. The van der Waals surface area contributed by atoms with Crippen LogP contribution >= 0.6 is 0 Å². The van der Waals surface area contributed by atoms with Crippen LogP contribution in [0.15, 0.2) is 44.0 Å². The molecule has 0 fully saturated rings. The van der Waals surface area contributed by atoms with Gasteiger partial charge in [-0.3, -0.25) is 0 Å². The highest BCUT2D eigenvalue weighted by Crippen LogP contribution is 2.28. The fraction of sp³-hybridized carbons (Fsp3) is 0. The summed E-state index contributed by atoms with van der Waals surface area (Å²) in [6.07, 6.45) is 5.14. The monoisotopic (exact) mass is 250 g/mol. The molecule has 0 saturated heterocycles. The highest BCUT2D eigenvalue weighted by molar-refractivity contribution is 6.02. The second-order valence-electron chi connectivity index (χ2n) is 4.19. The zero-order valence-corrected chi connectivity index (χ0v) is 10.5. The first-order chi connectivity index (χ1) is 9.10. The van der Waals surface area contributed by atoms with E-state index in [-0.39, 0.29) is 5.56 Å². The van der Waals surface area contributed by atoms with Gasteiger partial charge in [0.1, 0.15) is 0 Å². The zero-order valence-electron chi connectivity index (χ0n) is 10.5. The van der Waals surface area contributed by atoms with E-state index in [1.165, 1.54) is 0 Å². The van der Waals surface area contributed by atoms with Crippen LogP contribution in [0.2, 0.25) is 0 Å². The summed E-state index contributed by atoms with van der Waals surface area (Å²) in [5, 5.41) is 11.0. The molecule has 2 heteroatoms. The van der Waals surface area contributed by atoms with Crippen LogP contribution in [0.25, 0.3) is 29.0 Å². The van der Waals surface area contributed by atoms with Crippen LogP contribution in [0.3, 0.4) is 0 Å². The van der Waals surface area contributed by atoms with Crippen molar-refractivity contribution in [2.75, 3.05) is 0 Å². The molecule has 2 nitrogen and oxygen atoms in total. The van der Waals surface area contributed by atoms with Gasteiger partial charge in [-0.25, -0.2) is 4.79 Å². The summed E-state index contributed by atoms with van der Waals surface area (Å²) in [5.41, 5.74) is 2.92. The highest BCUT2D eigenvalue weighted by Gasteiger charge is 2.10. The maximum absolute atomic E-state index is 11.1. The molecule has 0 amide bonds. The van der Waals surface area contributed by atoms with Gasteiger partial charge in [0, 0.05) is 0 Å². The first kappa shape index (κ1) is 12.8. The van der Waals surface area contributed by atoms with Crippen molar-refractivity contribution in [2.24, 2.45) is 0 Å². The second-order valence-corrected chi connectivity index (χ2v) is 4.19. The summed E-state index contributed by atoms with van der Waals surface area (Å²) >= 11 is 0. The molecule has 0 aromatic heterocycles. The Labute approximate surface area is 112 Å². The predicted molar refractivity (Wildman–Crippen MR) is 81.2 cm³/mol. The number of fused-ring (bicyclic) bond motifs is 1. The average Bonchev–Trinajstić information content (AvgIpc) is 2.44. The Bertz CT molecular complexity index is 709. The van der Waals surface area contributed by atoms with Gasteiger partial charge in [-0.05, 0) is 51.7 Å². The summed E-state index contributed by atoms with van der Waals surface area (Å²) < 4.78 is 0. The quantitative estimate of drug-likeness (QED) is 0.869. The molecule has 0 heterocycles. The molecule has 0 aliphatic carbocycles. The first-order valence-electron chi connectivity index (χ1n) is 5.83. The Morgan fingerprint density at radius 3 is 2.11 bits per heavy atom. The van der Waals surface area contributed by atoms with E-state index in [0.717, 1.165) is 27.5 Å². The Morgan fingerprint density at radius 1 is 0.947 bits per heavy atom. The minimum absolute atomic E-state index is 0.249. The lowest BCUT2D eigenvalue weighted by molar-refractivity contribution is 0.0697. The highest BCUT2D eigenvalue weighted by atomic mass is 16.4. The molecule has 0 unspecified atom stereocenters. The van der Waals surface area contributed by atoms with Gasteiger partial charge in [0.25, 0.3) is 0 Å². The topological polar surface area (TPSA) is 37.3 Å². The van der Waals surface area contributed by atoms with Crippen molar-refractivity contribution < 1.29 is 9.90 Å². The molecule has 0 aliphatic heterocycles. The number of hydrogen-bond donors (Lipinski definition) is 1. The van der Waals surface area contributed by atoms with Gasteiger partial charge >= 0.3 is 5.97 Å². The molecule has 2 aromatic carbocycles. The number of rotatable bonds is 4. The average molecular weight is 250 g/mol. The van der Waals surface area contributed by atoms with Crippen LogP contribution in [0.5, 0.6) is 0 Å². The predicted octanol–water partition coefficient (Wildman–Crippen LogP) is 4.47. The number of carbonyl (C=O) groups is 1. The normalized spacial score (nSPS) is 10.1. The summed E-state index contributed by atoms with van der Waals surface area (Å²) in [6.45, 7) is 11.3. The fourth-order valence-electron chi connectivity index (χ4n) is 2.17. The fourth-order valence-corrected chi connectivity index (χ4v) is 2.17. The molecule has 19 heavy (non-hydrogen) atoms. The third kappa shape index (κ3) is 2.20. The van der Waals surface area contributed by atoms with E-state index in [0.29, 0.717) is 0 Å². The molecule has 0 bridgehead atoms. The molecule has 2 rings (SSSR count). The zero-order chi connectivity index (χ0) is 14.0. The van der Waals surface area contributed by atoms with Crippen molar-refractivity contribution >= 4 is 35.0 Å². The van der Waals surface area contributed by atoms with Crippen molar-refractivity contribution in [3.63, 3.8) is 0 Å². The Balaban J connectivity index is 2.96. The lowest BCUT2D eigenvalue weighted by Crippen LogP contribution is -1.98. The van der Waals surface area contributed by atoms with E-state index in [4.69, 9.17) is 5.11 Å². The lowest BCUT2D eigenvalue weighted by atomic mass is 9.94. The van der Waals surface area contributed by atoms with Crippen molar-refractivity contribution in [2.45, 2.75) is 0 Å². The lowest BCUT2D eigenvalue weighted by Gasteiger charge is -2.10. The maximum atomic E-state index is 11.1. The van der Waals surface area contributed by atoms with Gasteiger partial charge in [0.05, 0.1) is 5.56 Å². The van der Waals surface area contributed by atoms with Crippen LogP contribution in [0, 0.1) is 0 Å². The van der Waals surface area contributed by atoms with Gasteiger partial charge in [-0.1, -0.05) is 38.0 Å². The van der Waals surface area contributed by atoms with Crippen molar-refractivity contribution in [3.05, 3.63) is 66.3 Å². The minimum Gasteiger partial charge on any atom is -0.478 e. The maximum Gasteiger partial charge on any atom is 0.335 e. The van der Waals surface area contributed by atoms with E-state index in [1.807, 2.05) is 12.1 Å². The summed E-state index contributed by atoms with van der Waals surface area (Å²) in [6, 6.07) is 7.16. The van der Waals surface area contributed by atoms with E-state index >= 15 is 0 Å². The van der Waals surface area contributed by atoms with Crippen molar-refractivity contribution in [1.82, 2.24) is 0 Å². The SMILES string of the molecule is C=Cc1cc(C=C)c2c(C=C)cc(C(=O)O)cc2c1. The molecule has 94 valence electrons. The summed E-state index contributed by atoms with van der Waals surface area (Å²) in [7, 11) is 0. The van der Waals surface area contributed by atoms with E-state index in [1.54, 1.807) is 30.4 Å². The molecule has 0 radical (unpaired) electrons. The van der Waals surface area contributed by atoms with Gasteiger partial charge in [0.15, 0.2) is 0 Å². The number of carboxylic acid groups (broad SMARTS) is 1. The number of benzene rings is 2. The van der Waals surface area contributed by atoms with E-state index in [9.17, 15) is 4.79 Å². The molecule has 2 aromatic rings. The van der Waals surface area contributed by atoms with Crippen LogP contribution in [-0.2, 0) is 0 Å². The molecular weight excluding hydrogens is 236 g/mol. The van der Waals surface area contributed by atoms with Crippen molar-refractivity contribution in [3.8, 4) is 0 Å². The summed E-state index contributed by atoms with van der Waals surface area (Å²) in [4.78, 5) is 11.1. The third-order valence-corrected chi connectivity index (χ3v) is 3.05. The van der Waals surface area contributed by atoms with Gasteiger partial charge < -0.3 is 5.11 Å². The Morgan fingerprint density at radius 2 is 1.58 bits per heavy atom. The second kappa shape index (κ2) is 4.94. The van der Waals surface area contributed by atoms with Crippen LogP contribution in [0.4, 0.5) is 0 Å². The van der Waals surface area contributed by atoms with Gasteiger partial charge in [0.2, 0.25) is 0 Å². The summed E-state index contributed by atoms with van der Waals surface area (Å²) in [5.74, 6) is -0.950. The first-order valence-corrected chi connectivity index (χ1v) is 5.83. The Hall–Kier alpha value is -2.61. The molecule has 0 spiro atoms. The number of hydrogen-bond acceptors (Lipinski definition) is 1. The molecule has 1 N–H and O–H groups in total. The smallest absolute Gasteiger partial charge is 0.335 e. The van der Waals surface area contributed by atoms with Crippen LogP contribution in [-0.4, -0.2) is 11.1 Å². The molecule has 0 saturated carbocycles. The van der Waals surface area contributed by atoms with Crippen LogP contribution in [0.1, 0.15) is 27.0 Å². The third-order valence-electron chi connectivity index (χ3n) is 3.05. The minimum atomic E-state index is -0.950. The van der Waals surface area contributed by atoms with Crippen molar-refractivity contribution in [1.29, 1.82) is 0 Å². The number of carboxylic acids is 1. The largest absolute Gasteiger partial charge is 0.478 e. The van der Waals surface area contributed by atoms with Gasteiger partial charge in [-0.2, -0.15) is 0 Å². The molecular formula is C17H14O2.